The highest BCUT2D eigenvalue weighted by Gasteiger charge is 2.26. The molecule has 0 amide bonds. The zero-order valence-corrected chi connectivity index (χ0v) is 12.0. The van der Waals surface area contributed by atoms with Gasteiger partial charge in [-0.2, -0.15) is 5.26 Å². The lowest BCUT2D eigenvalue weighted by Crippen LogP contribution is -2.32. The Bertz CT molecular complexity index is 403. The molecule has 0 bridgehead atoms. The molecule has 1 aliphatic rings. The molecule has 1 fully saturated rings. The third-order valence-corrected chi connectivity index (χ3v) is 3.85. The monoisotopic (exact) mass is 284 g/mol. The van der Waals surface area contributed by atoms with Crippen LogP contribution in [0.1, 0.15) is 24.3 Å². The maximum atomic E-state index is 9.37. The van der Waals surface area contributed by atoms with Crippen molar-refractivity contribution in [2.45, 2.75) is 18.8 Å². The van der Waals surface area contributed by atoms with E-state index in [2.05, 4.69) is 18.0 Å². The van der Waals surface area contributed by atoms with Gasteiger partial charge in [-0.25, -0.2) is 0 Å². The smallest absolute Gasteiger partial charge is 0.0741 e. The number of rotatable bonds is 2. The summed E-state index contributed by atoms with van der Waals surface area (Å²) in [5.41, 5.74) is 1.10. The number of benzene rings is 1. The minimum atomic E-state index is 0. The van der Waals surface area contributed by atoms with E-state index < -0.39 is 0 Å². The quantitative estimate of drug-likeness (QED) is 0.828. The van der Waals surface area contributed by atoms with E-state index in [9.17, 15) is 5.26 Å². The van der Waals surface area contributed by atoms with E-state index in [1.165, 1.54) is 0 Å². The van der Waals surface area contributed by atoms with Crippen molar-refractivity contribution in [1.82, 2.24) is 4.90 Å². The Labute approximate surface area is 120 Å². The molecule has 0 spiro atoms. The first-order chi connectivity index (χ1) is 8.20. The highest BCUT2D eigenvalue weighted by Crippen LogP contribution is 2.32. The van der Waals surface area contributed by atoms with Gasteiger partial charge in [-0.3, -0.25) is 0 Å². The lowest BCUT2D eigenvalue weighted by Gasteiger charge is -2.31. The van der Waals surface area contributed by atoms with Crippen LogP contribution in [0, 0.1) is 17.2 Å². The molecule has 0 aromatic heterocycles. The van der Waals surface area contributed by atoms with E-state index in [0.29, 0.717) is 5.92 Å². The highest BCUT2D eigenvalue weighted by atomic mass is 35.5. The van der Waals surface area contributed by atoms with Crippen molar-refractivity contribution in [1.29, 1.82) is 5.26 Å². The highest BCUT2D eigenvalue weighted by molar-refractivity contribution is 6.30. The summed E-state index contributed by atoms with van der Waals surface area (Å²) in [6, 6.07) is 10.2. The van der Waals surface area contributed by atoms with Crippen LogP contribution in [0.3, 0.4) is 0 Å². The van der Waals surface area contributed by atoms with Gasteiger partial charge in [0.15, 0.2) is 0 Å². The lowest BCUT2D eigenvalue weighted by molar-refractivity contribution is 0.210. The number of hydrogen-bond donors (Lipinski definition) is 0. The molecule has 1 aromatic carbocycles. The van der Waals surface area contributed by atoms with E-state index in [-0.39, 0.29) is 18.3 Å². The molecule has 0 N–H and O–H groups in total. The van der Waals surface area contributed by atoms with Gasteiger partial charge in [-0.1, -0.05) is 23.7 Å². The first kappa shape index (κ1) is 15.3. The zero-order valence-electron chi connectivity index (χ0n) is 10.5. The first-order valence-corrected chi connectivity index (χ1v) is 6.42. The Morgan fingerprint density at radius 3 is 2.33 bits per heavy atom. The van der Waals surface area contributed by atoms with Gasteiger partial charge in [-0.15, -0.1) is 12.4 Å². The summed E-state index contributed by atoms with van der Waals surface area (Å²) in [4.78, 5) is 2.33. The fourth-order valence-corrected chi connectivity index (χ4v) is 2.61. The Morgan fingerprint density at radius 2 is 1.83 bits per heavy atom. The summed E-state index contributed by atoms with van der Waals surface area (Å²) in [7, 11) is 2.14. The van der Waals surface area contributed by atoms with Crippen molar-refractivity contribution in [3.05, 3.63) is 34.9 Å². The number of nitrogens with zero attached hydrogens (tertiary/aromatic N) is 2. The van der Waals surface area contributed by atoms with Gasteiger partial charge in [0.2, 0.25) is 0 Å². The van der Waals surface area contributed by atoms with Crippen molar-refractivity contribution in [3.63, 3.8) is 0 Å². The maximum Gasteiger partial charge on any atom is 0.0741 e. The molecule has 1 aliphatic heterocycles. The normalized spacial score (nSPS) is 18.7. The van der Waals surface area contributed by atoms with Gasteiger partial charge >= 0.3 is 0 Å². The molecule has 1 atom stereocenters. The van der Waals surface area contributed by atoms with Crippen LogP contribution in [0.15, 0.2) is 24.3 Å². The Balaban J connectivity index is 0.00000162. The zero-order chi connectivity index (χ0) is 12.3. The van der Waals surface area contributed by atoms with Gasteiger partial charge in [0.05, 0.1) is 12.0 Å². The number of halogens is 2. The van der Waals surface area contributed by atoms with E-state index >= 15 is 0 Å². The summed E-state index contributed by atoms with van der Waals surface area (Å²) in [5.74, 6) is 0.498. The van der Waals surface area contributed by atoms with Crippen molar-refractivity contribution in [2.75, 3.05) is 20.1 Å². The molecule has 98 valence electrons. The minimum absolute atomic E-state index is 0. The van der Waals surface area contributed by atoms with Gasteiger partial charge in [-0.05, 0) is 56.6 Å². The molecule has 1 unspecified atom stereocenters. The summed E-state index contributed by atoms with van der Waals surface area (Å²) in [6.45, 7) is 2.19. The van der Waals surface area contributed by atoms with Crippen LogP contribution in [-0.2, 0) is 0 Å². The summed E-state index contributed by atoms with van der Waals surface area (Å²) in [5, 5.41) is 10.1. The van der Waals surface area contributed by atoms with E-state index in [0.717, 1.165) is 36.5 Å². The second kappa shape index (κ2) is 6.99. The molecule has 1 heterocycles. The predicted octanol–water partition coefficient (Wildman–Crippen LogP) is 3.71. The van der Waals surface area contributed by atoms with Crippen LogP contribution in [0.4, 0.5) is 0 Å². The van der Waals surface area contributed by atoms with E-state index in [1.807, 2.05) is 24.3 Å². The standard InChI is InChI=1S/C14H17ClN2.ClH/c1-17-8-6-12(7-9-17)14(10-16)11-2-4-13(15)5-3-11;/h2-5,12,14H,6-9H2,1H3;1H. The van der Waals surface area contributed by atoms with Crippen LogP contribution in [0.5, 0.6) is 0 Å². The second-order valence-corrected chi connectivity index (χ2v) is 5.24. The molecular formula is C14H18Cl2N2. The van der Waals surface area contributed by atoms with Crippen LogP contribution in [0.25, 0.3) is 0 Å². The largest absolute Gasteiger partial charge is 0.306 e. The molecule has 2 nitrogen and oxygen atoms in total. The Kier molecular flexibility index (Phi) is 5.95. The summed E-state index contributed by atoms with van der Waals surface area (Å²) >= 11 is 5.87. The number of piperidine rings is 1. The van der Waals surface area contributed by atoms with Crippen molar-refractivity contribution >= 4 is 24.0 Å². The molecule has 0 saturated carbocycles. The fourth-order valence-electron chi connectivity index (χ4n) is 2.48. The number of nitriles is 1. The molecule has 1 saturated heterocycles. The Morgan fingerprint density at radius 1 is 1.28 bits per heavy atom. The first-order valence-electron chi connectivity index (χ1n) is 6.04. The minimum Gasteiger partial charge on any atom is -0.306 e. The predicted molar refractivity (Wildman–Crippen MR) is 77.3 cm³/mol. The molecular weight excluding hydrogens is 267 g/mol. The SMILES string of the molecule is CN1CCC(C(C#N)c2ccc(Cl)cc2)CC1.Cl. The molecule has 4 heteroatoms. The molecule has 18 heavy (non-hydrogen) atoms. The average molecular weight is 285 g/mol. The van der Waals surface area contributed by atoms with Crippen LogP contribution >= 0.6 is 24.0 Å². The van der Waals surface area contributed by atoms with Gasteiger partial charge in [0, 0.05) is 5.02 Å². The lowest BCUT2D eigenvalue weighted by atomic mass is 9.81. The van der Waals surface area contributed by atoms with Crippen molar-refractivity contribution < 1.29 is 0 Å². The third-order valence-electron chi connectivity index (χ3n) is 3.60. The van der Waals surface area contributed by atoms with Crippen LogP contribution in [-0.4, -0.2) is 25.0 Å². The van der Waals surface area contributed by atoms with Crippen molar-refractivity contribution in [3.8, 4) is 6.07 Å². The fraction of sp³-hybridized carbons (Fsp3) is 0.500. The van der Waals surface area contributed by atoms with Gasteiger partial charge in [0.25, 0.3) is 0 Å². The molecule has 0 radical (unpaired) electrons. The van der Waals surface area contributed by atoms with Crippen LogP contribution in [0.2, 0.25) is 5.02 Å². The third kappa shape index (κ3) is 3.62. The average Bonchev–Trinajstić information content (AvgIpc) is 2.35. The Hall–Kier alpha value is -0.750. The van der Waals surface area contributed by atoms with Crippen molar-refractivity contribution in [2.24, 2.45) is 5.92 Å². The van der Waals surface area contributed by atoms with Gasteiger partial charge < -0.3 is 4.90 Å². The topological polar surface area (TPSA) is 27.0 Å². The molecule has 2 rings (SSSR count). The second-order valence-electron chi connectivity index (χ2n) is 4.80. The van der Waals surface area contributed by atoms with Crippen LogP contribution < -0.4 is 0 Å². The molecule has 1 aromatic rings. The number of hydrogen-bond acceptors (Lipinski definition) is 2. The maximum absolute atomic E-state index is 9.37. The number of likely N-dealkylation sites (tertiary alicyclic amines) is 1. The van der Waals surface area contributed by atoms with E-state index in [1.54, 1.807) is 0 Å². The van der Waals surface area contributed by atoms with Gasteiger partial charge in [0.1, 0.15) is 0 Å². The summed E-state index contributed by atoms with van der Waals surface area (Å²) in [6.07, 6.45) is 2.22. The van der Waals surface area contributed by atoms with E-state index in [4.69, 9.17) is 11.6 Å². The summed E-state index contributed by atoms with van der Waals surface area (Å²) < 4.78 is 0. The molecule has 0 aliphatic carbocycles.